The van der Waals surface area contributed by atoms with Gasteiger partial charge in [-0.1, -0.05) is 0 Å². The first kappa shape index (κ1) is 16.4. The van der Waals surface area contributed by atoms with E-state index < -0.39 is 23.9 Å². The third-order valence-electron chi connectivity index (χ3n) is 3.04. The number of carbonyl (C=O) groups excluding carboxylic acids is 3. The van der Waals surface area contributed by atoms with E-state index in [2.05, 4.69) is 5.32 Å². The van der Waals surface area contributed by atoms with Crippen LogP contribution in [0.1, 0.15) is 27.2 Å². The van der Waals surface area contributed by atoms with Gasteiger partial charge in [0.25, 0.3) is 0 Å². The Hall–Kier alpha value is -1.63. The Morgan fingerprint density at radius 1 is 1.20 bits per heavy atom. The average molecular weight is 287 g/mol. The normalized spacial score (nSPS) is 21.6. The lowest BCUT2D eigenvalue weighted by atomic mass is 10.0. The maximum atomic E-state index is 12.1. The van der Waals surface area contributed by atoms with Gasteiger partial charge < -0.3 is 19.5 Å². The lowest BCUT2D eigenvalue weighted by Gasteiger charge is -2.19. The van der Waals surface area contributed by atoms with E-state index in [9.17, 15) is 14.4 Å². The van der Waals surface area contributed by atoms with Crippen molar-refractivity contribution in [3.05, 3.63) is 0 Å². The number of carbonyl (C=O) groups is 3. The smallest absolute Gasteiger partial charge is 0.340 e. The van der Waals surface area contributed by atoms with Gasteiger partial charge in [0, 0.05) is 6.61 Å². The van der Waals surface area contributed by atoms with Crippen LogP contribution < -0.4 is 5.32 Å². The van der Waals surface area contributed by atoms with E-state index in [0.29, 0.717) is 13.0 Å². The van der Waals surface area contributed by atoms with Crippen LogP contribution in [0.4, 0.5) is 0 Å². The van der Waals surface area contributed by atoms with Crippen LogP contribution in [0.25, 0.3) is 0 Å². The van der Waals surface area contributed by atoms with Crippen LogP contribution in [-0.4, -0.2) is 49.8 Å². The summed E-state index contributed by atoms with van der Waals surface area (Å²) in [5.41, 5.74) is 0. The molecule has 0 radical (unpaired) electrons. The van der Waals surface area contributed by atoms with Crippen LogP contribution in [0.3, 0.4) is 0 Å². The van der Waals surface area contributed by atoms with Gasteiger partial charge in [-0.15, -0.1) is 0 Å². The highest BCUT2D eigenvalue weighted by Gasteiger charge is 2.37. The third-order valence-corrected chi connectivity index (χ3v) is 3.04. The first-order valence-electron chi connectivity index (χ1n) is 6.76. The highest BCUT2D eigenvalue weighted by molar-refractivity contribution is 6.02. The summed E-state index contributed by atoms with van der Waals surface area (Å²) in [6.07, 6.45) is 0.325. The Labute approximate surface area is 117 Å². The molecule has 0 aromatic carbocycles. The van der Waals surface area contributed by atoms with Crippen LogP contribution in [0, 0.1) is 5.92 Å². The zero-order chi connectivity index (χ0) is 15.1. The van der Waals surface area contributed by atoms with E-state index >= 15 is 0 Å². The molecule has 1 aliphatic heterocycles. The fourth-order valence-corrected chi connectivity index (χ4v) is 1.99. The molecule has 0 saturated carbocycles. The topological polar surface area (TPSA) is 90.9 Å². The van der Waals surface area contributed by atoms with Crippen molar-refractivity contribution in [2.45, 2.75) is 39.3 Å². The van der Waals surface area contributed by atoms with Crippen LogP contribution in [-0.2, 0) is 28.6 Å². The summed E-state index contributed by atoms with van der Waals surface area (Å²) in [6.45, 7) is 5.74. The van der Waals surface area contributed by atoms with Crippen LogP contribution >= 0.6 is 0 Å². The predicted octanol–water partition coefficient (Wildman–Crippen LogP) is 0.0224. The quantitative estimate of drug-likeness (QED) is 0.547. The predicted molar refractivity (Wildman–Crippen MR) is 68.7 cm³/mol. The Morgan fingerprint density at radius 3 is 2.15 bits per heavy atom. The highest BCUT2D eigenvalue weighted by atomic mass is 16.6. The third kappa shape index (κ3) is 4.19. The van der Waals surface area contributed by atoms with Crippen molar-refractivity contribution in [1.82, 2.24) is 5.32 Å². The molecule has 0 aromatic heterocycles. The Bertz CT molecular complexity index is 352. The molecule has 1 amide bonds. The van der Waals surface area contributed by atoms with E-state index in [0.717, 1.165) is 0 Å². The lowest BCUT2D eigenvalue weighted by molar-refractivity contribution is -0.160. The van der Waals surface area contributed by atoms with E-state index in [1.807, 2.05) is 0 Å². The fourth-order valence-electron chi connectivity index (χ4n) is 1.99. The largest absolute Gasteiger partial charge is 0.464 e. The van der Waals surface area contributed by atoms with Gasteiger partial charge in [-0.25, -0.2) is 9.59 Å². The van der Waals surface area contributed by atoms with Gasteiger partial charge in [-0.2, -0.15) is 0 Å². The van der Waals surface area contributed by atoms with Gasteiger partial charge in [0.2, 0.25) is 11.9 Å². The summed E-state index contributed by atoms with van der Waals surface area (Å²) in [4.78, 5) is 35.5. The van der Waals surface area contributed by atoms with Crippen LogP contribution in [0.15, 0.2) is 0 Å². The monoisotopic (exact) mass is 287 g/mol. The number of hydrogen-bond acceptors (Lipinski definition) is 6. The molecule has 1 fully saturated rings. The summed E-state index contributed by atoms with van der Waals surface area (Å²) in [5.74, 6) is -2.40. The average Bonchev–Trinajstić information content (AvgIpc) is 2.82. The molecule has 7 nitrogen and oxygen atoms in total. The van der Waals surface area contributed by atoms with Crippen molar-refractivity contribution in [2.24, 2.45) is 5.92 Å². The minimum atomic E-state index is -1.42. The number of amides is 1. The van der Waals surface area contributed by atoms with E-state index in [1.165, 1.54) is 0 Å². The van der Waals surface area contributed by atoms with Gasteiger partial charge in [-0.05, 0) is 27.2 Å². The summed E-state index contributed by atoms with van der Waals surface area (Å²) >= 11 is 0. The highest BCUT2D eigenvalue weighted by Crippen LogP contribution is 2.20. The van der Waals surface area contributed by atoms with Crippen molar-refractivity contribution in [2.75, 3.05) is 19.8 Å². The first-order valence-corrected chi connectivity index (χ1v) is 6.76. The molecule has 114 valence electrons. The molecule has 7 heteroatoms. The minimum Gasteiger partial charge on any atom is -0.464 e. The van der Waals surface area contributed by atoms with Crippen molar-refractivity contribution >= 4 is 17.8 Å². The van der Waals surface area contributed by atoms with Crippen molar-refractivity contribution in [1.29, 1.82) is 0 Å². The summed E-state index contributed by atoms with van der Waals surface area (Å²) in [6, 6.07) is -1.42. The molecule has 2 atom stereocenters. The van der Waals surface area contributed by atoms with Gasteiger partial charge in [0.1, 0.15) is 0 Å². The zero-order valence-corrected chi connectivity index (χ0v) is 12.0. The van der Waals surface area contributed by atoms with Gasteiger partial charge >= 0.3 is 11.9 Å². The van der Waals surface area contributed by atoms with Gasteiger partial charge in [0.05, 0.1) is 25.2 Å². The standard InChI is InChI=1S/C13H21NO6/c1-4-18-12(16)10(13(17)19-5-2)14-11(15)9-6-7-20-8(9)3/h8-10H,4-7H2,1-3H3,(H,14,15). The molecule has 1 saturated heterocycles. The first-order chi connectivity index (χ1) is 9.51. The number of hydrogen-bond donors (Lipinski definition) is 1. The molecule has 2 unspecified atom stereocenters. The minimum absolute atomic E-state index is 0.119. The molecule has 0 bridgehead atoms. The van der Waals surface area contributed by atoms with Crippen molar-refractivity contribution in [3.8, 4) is 0 Å². The molecule has 20 heavy (non-hydrogen) atoms. The Balaban J connectivity index is 2.70. The molecule has 0 spiro atoms. The number of nitrogens with one attached hydrogen (secondary N) is 1. The summed E-state index contributed by atoms with van der Waals surface area (Å²) in [7, 11) is 0. The molecule has 1 rings (SSSR count). The lowest BCUT2D eigenvalue weighted by Crippen LogP contribution is -2.50. The summed E-state index contributed by atoms with van der Waals surface area (Å²) < 4.78 is 14.8. The molecule has 1 N–H and O–H groups in total. The van der Waals surface area contributed by atoms with E-state index in [1.54, 1.807) is 20.8 Å². The summed E-state index contributed by atoms with van der Waals surface area (Å²) in [5, 5.41) is 2.39. The van der Waals surface area contributed by atoms with E-state index in [-0.39, 0.29) is 25.2 Å². The van der Waals surface area contributed by atoms with Gasteiger partial charge in [-0.3, -0.25) is 4.79 Å². The Morgan fingerprint density at radius 2 is 1.75 bits per heavy atom. The molecular formula is C13H21NO6. The second kappa shape index (κ2) is 7.84. The molecule has 1 heterocycles. The molecule has 0 aliphatic carbocycles. The fraction of sp³-hybridized carbons (Fsp3) is 0.769. The van der Waals surface area contributed by atoms with Crippen molar-refractivity contribution in [3.63, 3.8) is 0 Å². The van der Waals surface area contributed by atoms with Crippen molar-refractivity contribution < 1.29 is 28.6 Å². The number of esters is 2. The van der Waals surface area contributed by atoms with Crippen LogP contribution in [0.2, 0.25) is 0 Å². The zero-order valence-electron chi connectivity index (χ0n) is 12.0. The second-order valence-corrected chi connectivity index (χ2v) is 4.42. The molecular weight excluding hydrogens is 266 g/mol. The maximum absolute atomic E-state index is 12.1. The number of rotatable bonds is 6. The molecule has 0 aromatic rings. The van der Waals surface area contributed by atoms with Gasteiger partial charge in [0.15, 0.2) is 0 Å². The van der Waals surface area contributed by atoms with E-state index in [4.69, 9.17) is 14.2 Å². The SMILES string of the molecule is CCOC(=O)C(NC(=O)C1CCOC1C)C(=O)OCC. The maximum Gasteiger partial charge on any atom is 0.340 e. The Kier molecular flexibility index (Phi) is 6.44. The number of ether oxygens (including phenoxy) is 3. The second-order valence-electron chi connectivity index (χ2n) is 4.42. The van der Waals surface area contributed by atoms with Crippen LogP contribution in [0.5, 0.6) is 0 Å². The molecule has 1 aliphatic rings.